The molecule has 2 aromatic carbocycles. The van der Waals surface area contributed by atoms with Crippen LogP contribution in [0.15, 0.2) is 51.7 Å². The lowest BCUT2D eigenvalue weighted by atomic mass is 10.2. The largest absolute Gasteiger partial charge is 0.497 e. The molecule has 0 amide bonds. The monoisotopic (exact) mass is 354 g/mol. The van der Waals surface area contributed by atoms with E-state index in [-0.39, 0.29) is 22.5 Å². The number of halogens is 4. The van der Waals surface area contributed by atoms with Crippen LogP contribution >= 0.6 is 0 Å². The van der Waals surface area contributed by atoms with Gasteiger partial charge in [-0.1, -0.05) is 0 Å². The van der Waals surface area contributed by atoms with Crippen LogP contribution in [-0.4, -0.2) is 7.11 Å². The normalized spacial score (nSPS) is 11.6. The van der Waals surface area contributed by atoms with Gasteiger partial charge >= 0.3 is 6.18 Å². The number of fused-ring (bicyclic) bond motifs is 1. The zero-order valence-corrected chi connectivity index (χ0v) is 12.7. The molecule has 1 aromatic heterocycles. The van der Waals surface area contributed by atoms with E-state index in [1.807, 2.05) is 0 Å². The molecule has 130 valence electrons. The molecule has 0 aliphatic heterocycles. The molecule has 0 saturated heterocycles. The first kappa shape index (κ1) is 16.8. The van der Waals surface area contributed by atoms with Crippen LogP contribution < -0.4 is 14.9 Å². The number of alkyl halides is 3. The highest BCUT2D eigenvalue weighted by Gasteiger charge is 2.40. The van der Waals surface area contributed by atoms with Crippen LogP contribution in [0.3, 0.4) is 0 Å². The molecule has 0 spiro atoms. The third-order valence-corrected chi connectivity index (χ3v) is 3.35. The van der Waals surface area contributed by atoms with Crippen LogP contribution in [0.1, 0.15) is 5.76 Å². The van der Waals surface area contributed by atoms with Gasteiger partial charge in [-0.2, -0.15) is 13.2 Å². The summed E-state index contributed by atoms with van der Waals surface area (Å²) in [5, 5.41) is -0.106. The first-order valence-electron chi connectivity index (χ1n) is 6.95. The maximum atomic E-state index is 13.3. The third kappa shape index (κ3) is 3.28. The Morgan fingerprint density at radius 2 is 1.64 bits per heavy atom. The predicted molar refractivity (Wildman–Crippen MR) is 80.5 cm³/mol. The van der Waals surface area contributed by atoms with E-state index in [1.165, 1.54) is 25.3 Å². The molecule has 1 heterocycles. The van der Waals surface area contributed by atoms with Crippen LogP contribution in [0.4, 0.5) is 17.6 Å². The van der Waals surface area contributed by atoms with Gasteiger partial charge in [0.25, 0.3) is 5.76 Å². The lowest BCUT2D eigenvalue weighted by molar-refractivity contribution is -0.154. The number of methoxy groups -OCH3 is 1. The minimum Gasteiger partial charge on any atom is -0.497 e. The summed E-state index contributed by atoms with van der Waals surface area (Å²) >= 11 is 0. The molecular weight excluding hydrogens is 344 g/mol. The zero-order chi connectivity index (χ0) is 18.2. The summed E-state index contributed by atoms with van der Waals surface area (Å²) in [4.78, 5) is 12.5. The van der Waals surface area contributed by atoms with E-state index >= 15 is 0 Å². The van der Waals surface area contributed by atoms with Gasteiger partial charge in [-0.05, 0) is 36.4 Å². The quantitative estimate of drug-likeness (QED) is 0.637. The molecule has 8 heteroatoms. The Bertz CT molecular complexity index is 975. The van der Waals surface area contributed by atoms with Crippen molar-refractivity contribution in [1.29, 1.82) is 0 Å². The van der Waals surface area contributed by atoms with E-state index in [0.717, 1.165) is 24.3 Å². The number of rotatable bonds is 3. The van der Waals surface area contributed by atoms with Gasteiger partial charge in [0, 0.05) is 6.07 Å². The standard InChI is InChI=1S/C17H10F4O4/c1-23-11-6-7-12-13(8-11)25-16(17(19,20)21)15(14(12)22)24-10-4-2-9(18)3-5-10/h2-8H,1H3. The summed E-state index contributed by atoms with van der Waals surface area (Å²) in [6.07, 6.45) is -4.97. The maximum Gasteiger partial charge on any atom is 0.453 e. The SMILES string of the molecule is COc1ccc2c(=O)c(Oc3ccc(F)cc3)c(C(F)(F)F)oc2c1. The number of hydrogen-bond donors (Lipinski definition) is 0. The average molecular weight is 354 g/mol. The van der Waals surface area contributed by atoms with Crippen LogP contribution in [-0.2, 0) is 6.18 Å². The molecule has 0 radical (unpaired) electrons. The first-order valence-corrected chi connectivity index (χ1v) is 6.95. The molecule has 25 heavy (non-hydrogen) atoms. The maximum absolute atomic E-state index is 13.3. The Labute approximate surface area is 138 Å². The number of ether oxygens (including phenoxy) is 2. The minimum atomic E-state index is -4.97. The van der Waals surface area contributed by atoms with Crippen molar-refractivity contribution in [2.24, 2.45) is 0 Å². The van der Waals surface area contributed by atoms with E-state index in [9.17, 15) is 22.4 Å². The molecule has 3 rings (SSSR count). The number of hydrogen-bond acceptors (Lipinski definition) is 4. The van der Waals surface area contributed by atoms with Gasteiger partial charge in [-0.15, -0.1) is 0 Å². The molecule has 4 nitrogen and oxygen atoms in total. The molecule has 0 atom stereocenters. The fourth-order valence-electron chi connectivity index (χ4n) is 2.18. The summed E-state index contributed by atoms with van der Waals surface area (Å²) in [7, 11) is 1.33. The summed E-state index contributed by atoms with van der Waals surface area (Å²) in [5.41, 5.74) is -1.29. The van der Waals surface area contributed by atoms with Gasteiger partial charge in [-0.3, -0.25) is 4.79 Å². The smallest absolute Gasteiger partial charge is 0.453 e. The highest BCUT2D eigenvalue weighted by molar-refractivity contribution is 5.79. The molecule has 0 aliphatic carbocycles. The fraction of sp³-hybridized carbons (Fsp3) is 0.118. The Kier molecular flexibility index (Phi) is 4.12. The van der Waals surface area contributed by atoms with Crippen molar-refractivity contribution in [2.45, 2.75) is 6.18 Å². The van der Waals surface area contributed by atoms with Gasteiger partial charge in [0.2, 0.25) is 11.2 Å². The topological polar surface area (TPSA) is 48.7 Å². The van der Waals surface area contributed by atoms with Gasteiger partial charge in [0.05, 0.1) is 12.5 Å². The molecule has 0 bridgehead atoms. The highest BCUT2D eigenvalue weighted by Crippen LogP contribution is 2.38. The van der Waals surface area contributed by atoms with Crippen LogP contribution in [0.5, 0.6) is 17.2 Å². The Morgan fingerprint density at radius 1 is 1.00 bits per heavy atom. The molecule has 0 unspecified atom stereocenters. The lowest BCUT2D eigenvalue weighted by Crippen LogP contribution is -2.15. The van der Waals surface area contributed by atoms with Crippen molar-refractivity contribution in [3.63, 3.8) is 0 Å². The van der Waals surface area contributed by atoms with E-state index < -0.39 is 28.9 Å². The Morgan fingerprint density at radius 3 is 2.24 bits per heavy atom. The first-order chi connectivity index (χ1) is 11.8. The van der Waals surface area contributed by atoms with E-state index in [1.54, 1.807) is 0 Å². The highest BCUT2D eigenvalue weighted by atomic mass is 19.4. The van der Waals surface area contributed by atoms with Gasteiger partial charge in [0.1, 0.15) is 22.9 Å². The zero-order valence-electron chi connectivity index (χ0n) is 12.7. The van der Waals surface area contributed by atoms with Crippen molar-refractivity contribution in [1.82, 2.24) is 0 Å². The van der Waals surface area contributed by atoms with E-state index in [2.05, 4.69) is 0 Å². The molecule has 0 saturated carbocycles. The van der Waals surface area contributed by atoms with E-state index in [0.29, 0.717) is 0 Å². The van der Waals surface area contributed by atoms with Crippen molar-refractivity contribution >= 4 is 11.0 Å². The second kappa shape index (κ2) is 6.12. The molecule has 0 fully saturated rings. The summed E-state index contributed by atoms with van der Waals surface area (Å²) in [6.45, 7) is 0. The summed E-state index contributed by atoms with van der Waals surface area (Å²) < 4.78 is 67.7. The molecule has 0 N–H and O–H groups in total. The second-order valence-corrected chi connectivity index (χ2v) is 5.01. The van der Waals surface area contributed by atoms with Gasteiger partial charge in [-0.25, -0.2) is 4.39 Å². The third-order valence-electron chi connectivity index (χ3n) is 3.35. The Hall–Kier alpha value is -3.03. The molecule has 3 aromatic rings. The molecular formula is C17H10F4O4. The van der Waals surface area contributed by atoms with Crippen molar-refractivity contribution < 1.29 is 31.5 Å². The van der Waals surface area contributed by atoms with Crippen molar-refractivity contribution in [3.05, 3.63) is 64.3 Å². The number of benzene rings is 2. The lowest BCUT2D eigenvalue weighted by Gasteiger charge is -2.13. The molecule has 0 aliphatic rings. The second-order valence-electron chi connectivity index (χ2n) is 5.01. The van der Waals surface area contributed by atoms with E-state index in [4.69, 9.17) is 13.9 Å². The van der Waals surface area contributed by atoms with Gasteiger partial charge in [0.15, 0.2) is 0 Å². The van der Waals surface area contributed by atoms with Gasteiger partial charge < -0.3 is 13.9 Å². The minimum absolute atomic E-state index is 0.106. The summed E-state index contributed by atoms with van der Waals surface area (Å²) in [6, 6.07) is 8.06. The van der Waals surface area contributed by atoms with Crippen molar-refractivity contribution in [3.8, 4) is 17.2 Å². The van der Waals surface area contributed by atoms with Crippen molar-refractivity contribution in [2.75, 3.05) is 7.11 Å². The summed E-state index contributed by atoms with van der Waals surface area (Å²) in [5.74, 6) is -3.09. The Balaban J connectivity index is 2.23. The fourth-order valence-corrected chi connectivity index (χ4v) is 2.18. The van der Waals surface area contributed by atoms with Crippen LogP contribution in [0, 0.1) is 5.82 Å². The van der Waals surface area contributed by atoms with Crippen LogP contribution in [0.2, 0.25) is 0 Å². The average Bonchev–Trinajstić information content (AvgIpc) is 2.57. The predicted octanol–water partition coefficient (Wildman–Crippen LogP) is 4.75. The van der Waals surface area contributed by atoms with Crippen LogP contribution in [0.25, 0.3) is 11.0 Å².